The van der Waals surface area contributed by atoms with Gasteiger partial charge in [-0.3, -0.25) is 0 Å². The molecule has 2 aromatic rings. The average molecular weight is 540 g/mol. The number of rotatable bonds is 5. The summed E-state index contributed by atoms with van der Waals surface area (Å²) >= 11 is 0. The molecule has 36 heavy (non-hydrogen) atoms. The van der Waals surface area contributed by atoms with Crippen LogP contribution in [0.1, 0.15) is 52.3 Å². The van der Waals surface area contributed by atoms with Crippen molar-refractivity contribution in [1.29, 1.82) is 5.26 Å². The number of hydrogen-bond acceptors (Lipinski definition) is 4. The highest BCUT2D eigenvalue weighted by Gasteiger charge is 2.41. The summed E-state index contributed by atoms with van der Waals surface area (Å²) in [6, 6.07) is 1.24. The maximum atomic E-state index is 13.0. The molecule has 0 aliphatic carbocycles. The van der Waals surface area contributed by atoms with Crippen molar-refractivity contribution in [1.82, 2.24) is 4.98 Å². The third-order valence-corrected chi connectivity index (χ3v) is 4.79. The monoisotopic (exact) mass is 540 g/mol. The summed E-state index contributed by atoms with van der Waals surface area (Å²) in [6.45, 7) is 0. The van der Waals surface area contributed by atoms with Crippen LogP contribution in [-0.4, -0.2) is 15.2 Å². The summed E-state index contributed by atoms with van der Waals surface area (Å²) in [7, 11) is 0. The van der Waals surface area contributed by atoms with E-state index in [2.05, 4.69) is 4.98 Å². The standard InChI is InChI=1S/C20H12F12N2O2/c21-17(22,23)11-1-8(2-12(6-11)18(24,25)26)13(35)3-10(7-33)16(36)9-4-14(19(27,28)29)34-15(5-9)20(30,31)32/h1-2,4-6,10,13,16,35-36H,3H2. The van der Waals surface area contributed by atoms with Crippen LogP contribution in [0.3, 0.4) is 0 Å². The largest absolute Gasteiger partial charge is 0.433 e. The van der Waals surface area contributed by atoms with E-state index in [1.807, 2.05) is 0 Å². The third-order valence-electron chi connectivity index (χ3n) is 4.79. The highest BCUT2D eigenvalue weighted by molar-refractivity contribution is 5.35. The number of hydrogen-bond donors (Lipinski definition) is 2. The molecule has 0 spiro atoms. The van der Waals surface area contributed by atoms with Crippen LogP contribution in [0.25, 0.3) is 0 Å². The summed E-state index contributed by atoms with van der Waals surface area (Å²) in [5, 5.41) is 29.7. The van der Waals surface area contributed by atoms with Crippen molar-refractivity contribution in [2.45, 2.75) is 43.3 Å². The zero-order valence-electron chi connectivity index (χ0n) is 17.2. The molecule has 2 N–H and O–H groups in total. The fourth-order valence-corrected chi connectivity index (χ4v) is 3.05. The van der Waals surface area contributed by atoms with Crippen LogP contribution >= 0.6 is 0 Å². The zero-order valence-corrected chi connectivity index (χ0v) is 17.2. The van der Waals surface area contributed by atoms with Gasteiger partial charge < -0.3 is 10.2 Å². The first-order chi connectivity index (χ1) is 16.1. The smallest absolute Gasteiger partial charge is 0.388 e. The predicted molar refractivity (Wildman–Crippen MR) is 94.3 cm³/mol. The van der Waals surface area contributed by atoms with E-state index in [0.29, 0.717) is 0 Å². The fourth-order valence-electron chi connectivity index (χ4n) is 3.05. The molecule has 16 heteroatoms. The van der Waals surface area contributed by atoms with Crippen LogP contribution in [0.15, 0.2) is 30.3 Å². The van der Waals surface area contributed by atoms with E-state index in [0.717, 1.165) is 0 Å². The van der Waals surface area contributed by atoms with E-state index in [1.165, 1.54) is 6.07 Å². The molecule has 1 aromatic heterocycles. The quantitative estimate of drug-likeness (QED) is 0.428. The van der Waals surface area contributed by atoms with E-state index >= 15 is 0 Å². The Morgan fingerprint density at radius 3 is 1.42 bits per heavy atom. The molecule has 0 amide bonds. The van der Waals surface area contributed by atoms with Gasteiger partial charge >= 0.3 is 24.7 Å². The lowest BCUT2D eigenvalue weighted by molar-refractivity contribution is -0.150. The van der Waals surface area contributed by atoms with Gasteiger partial charge in [0.2, 0.25) is 0 Å². The molecule has 0 radical (unpaired) electrons. The molecule has 0 aliphatic heterocycles. The van der Waals surface area contributed by atoms with E-state index in [1.54, 1.807) is 0 Å². The van der Waals surface area contributed by atoms with Crippen molar-refractivity contribution >= 4 is 0 Å². The van der Waals surface area contributed by atoms with Gasteiger partial charge in [0.15, 0.2) is 0 Å². The summed E-state index contributed by atoms with van der Waals surface area (Å²) < 4.78 is 156. The van der Waals surface area contributed by atoms with Gasteiger partial charge in [0.1, 0.15) is 11.4 Å². The molecule has 0 aliphatic rings. The summed E-state index contributed by atoms with van der Waals surface area (Å²) in [5.74, 6) is -2.06. The van der Waals surface area contributed by atoms with Gasteiger partial charge in [0.05, 0.1) is 35.3 Å². The Hall–Kier alpha value is -3.06. The number of aliphatic hydroxyl groups excluding tert-OH is 2. The molecule has 0 fully saturated rings. The molecule has 198 valence electrons. The average Bonchev–Trinajstić information content (AvgIpc) is 2.73. The van der Waals surface area contributed by atoms with Gasteiger partial charge in [-0.1, -0.05) is 0 Å². The van der Waals surface area contributed by atoms with Crippen molar-refractivity contribution in [3.63, 3.8) is 0 Å². The molecule has 2 rings (SSSR count). The minimum Gasteiger partial charge on any atom is -0.388 e. The second-order valence-corrected chi connectivity index (χ2v) is 7.44. The minimum atomic E-state index is -5.41. The molecule has 0 saturated heterocycles. The molecule has 1 heterocycles. The Labute approximate surface area is 193 Å². The number of alkyl halides is 12. The summed E-state index contributed by atoms with van der Waals surface area (Å²) in [5.41, 5.74) is -9.94. The maximum Gasteiger partial charge on any atom is 0.433 e. The third kappa shape index (κ3) is 7.00. The lowest BCUT2D eigenvalue weighted by Crippen LogP contribution is -2.20. The minimum absolute atomic E-state index is 0.0112. The van der Waals surface area contributed by atoms with Crippen LogP contribution in [0.2, 0.25) is 0 Å². The number of aromatic nitrogens is 1. The molecular weight excluding hydrogens is 528 g/mol. The van der Waals surface area contributed by atoms with Gasteiger partial charge in [-0.25, -0.2) is 4.98 Å². The van der Waals surface area contributed by atoms with Crippen LogP contribution in [0, 0.1) is 17.2 Å². The number of nitriles is 1. The van der Waals surface area contributed by atoms with Crippen molar-refractivity contribution in [3.8, 4) is 6.07 Å². The van der Waals surface area contributed by atoms with Crippen LogP contribution in [0.5, 0.6) is 0 Å². The Morgan fingerprint density at radius 1 is 0.667 bits per heavy atom. The highest BCUT2D eigenvalue weighted by Crippen LogP contribution is 2.40. The molecular formula is C20H12F12N2O2. The van der Waals surface area contributed by atoms with Crippen LogP contribution in [0.4, 0.5) is 52.7 Å². The van der Waals surface area contributed by atoms with Crippen LogP contribution in [-0.2, 0) is 24.7 Å². The summed E-state index contributed by atoms with van der Waals surface area (Å²) in [6.07, 6.45) is -27.3. The number of halogens is 12. The molecule has 1 aromatic carbocycles. The number of aliphatic hydroxyl groups is 2. The van der Waals surface area contributed by atoms with Gasteiger partial charge in [-0.15, -0.1) is 0 Å². The van der Waals surface area contributed by atoms with E-state index < -0.39 is 82.9 Å². The second-order valence-electron chi connectivity index (χ2n) is 7.44. The first kappa shape index (κ1) is 29.2. The second kappa shape index (κ2) is 9.77. The molecule has 4 nitrogen and oxygen atoms in total. The number of benzene rings is 1. The Balaban J connectivity index is 2.48. The lowest BCUT2D eigenvalue weighted by Gasteiger charge is -2.23. The van der Waals surface area contributed by atoms with E-state index in [9.17, 15) is 68.2 Å². The lowest BCUT2D eigenvalue weighted by atomic mass is 9.88. The maximum absolute atomic E-state index is 13.0. The van der Waals surface area contributed by atoms with Crippen molar-refractivity contribution in [3.05, 3.63) is 64.0 Å². The predicted octanol–water partition coefficient (Wildman–Crippen LogP) is 6.45. The number of nitrogens with zero attached hydrogens (tertiary/aromatic N) is 2. The van der Waals surface area contributed by atoms with Gasteiger partial charge in [-0.2, -0.15) is 57.9 Å². The molecule has 0 saturated carbocycles. The topological polar surface area (TPSA) is 77.1 Å². The molecule has 3 atom stereocenters. The molecule has 3 unspecified atom stereocenters. The Morgan fingerprint density at radius 2 is 1.08 bits per heavy atom. The first-order valence-electron chi connectivity index (χ1n) is 9.36. The van der Waals surface area contributed by atoms with Gasteiger partial charge in [0, 0.05) is 0 Å². The van der Waals surface area contributed by atoms with Crippen molar-refractivity contribution in [2.75, 3.05) is 0 Å². The normalized spacial score (nSPS) is 15.8. The SMILES string of the molecule is N#CC(CC(O)c1cc(C(F)(F)F)cc(C(F)(F)F)c1)C(O)c1cc(C(F)(F)F)nc(C(F)(F)F)c1. The van der Waals surface area contributed by atoms with Gasteiger partial charge in [0.25, 0.3) is 0 Å². The van der Waals surface area contributed by atoms with Crippen molar-refractivity contribution in [2.24, 2.45) is 5.92 Å². The first-order valence-corrected chi connectivity index (χ1v) is 9.36. The fraction of sp³-hybridized carbons (Fsp3) is 0.400. The Kier molecular flexibility index (Phi) is 7.92. The highest BCUT2D eigenvalue weighted by atomic mass is 19.4. The summed E-state index contributed by atoms with van der Waals surface area (Å²) in [4.78, 5) is 2.41. The van der Waals surface area contributed by atoms with Gasteiger partial charge in [-0.05, 0) is 47.9 Å². The van der Waals surface area contributed by atoms with E-state index in [4.69, 9.17) is 0 Å². The Bertz CT molecular complexity index is 1070. The molecule has 0 bridgehead atoms. The zero-order chi connectivity index (χ0) is 27.9. The van der Waals surface area contributed by atoms with Crippen LogP contribution < -0.4 is 0 Å². The number of pyridine rings is 1. The van der Waals surface area contributed by atoms with E-state index in [-0.39, 0.29) is 30.3 Å². The van der Waals surface area contributed by atoms with Crippen molar-refractivity contribution < 1.29 is 62.9 Å².